The molecule has 110 valence electrons. The van der Waals surface area contributed by atoms with E-state index < -0.39 is 0 Å². The fourth-order valence-corrected chi connectivity index (χ4v) is 5.47. The molecule has 0 aromatic heterocycles. The van der Waals surface area contributed by atoms with E-state index in [-0.39, 0.29) is 10.9 Å². The van der Waals surface area contributed by atoms with Gasteiger partial charge in [0.1, 0.15) is 15.8 Å². The molecule has 1 heterocycles. The van der Waals surface area contributed by atoms with Gasteiger partial charge in [-0.25, -0.2) is 0 Å². The third kappa shape index (κ3) is 2.48. The van der Waals surface area contributed by atoms with E-state index in [9.17, 15) is 0 Å². The fourth-order valence-electron chi connectivity index (χ4n) is 3.01. The van der Waals surface area contributed by atoms with E-state index in [2.05, 4.69) is 66.8 Å². The molecule has 2 heteroatoms. The number of hydrogen-bond donors (Lipinski definition) is 0. The second kappa shape index (κ2) is 6.05. The average Bonchev–Trinajstić information content (AvgIpc) is 2.53. The monoisotopic (exact) mass is 307 g/mol. The van der Waals surface area contributed by atoms with Crippen LogP contribution >= 0.6 is 0 Å². The summed E-state index contributed by atoms with van der Waals surface area (Å²) in [4.78, 5) is 4.22. The maximum Gasteiger partial charge on any atom is 0.208 e. The Balaban J connectivity index is 1.83. The van der Waals surface area contributed by atoms with Gasteiger partial charge in [0.2, 0.25) is 9.79 Å². The molecule has 1 nitrogen and oxygen atoms in total. The summed E-state index contributed by atoms with van der Waals surface area (Å²) in [6, 6.07) is 17.0. The van der Waals surface area contributed by atoms with E-state index in [1.54, 1.807) is 4.91 Å². The lowest BCUT2D eigenvalue weighted by Crippen LogP contribution is -2.14. The van der Waals surface area contributed by atoms with Crippen LogP contribution in [0.2, 0.25) is 0 Å². The van der Waals surface area contributed by atoms with Crippen molar-refractivity contribution in [3.05, 3.63) is 71.7 Å². The molecular weight excluding hydrogens is 288 g/mol. The van der Waals surface area contributed by atoms with Crippen molar-refractivity contribution in [3.8, 4) is 11.5 Å². The molecule has 0 saturated heterocycles. The van der Waals surface area contributed by atoms with E-state index in [0.29, 0.717) is 0 Å². The predicted octanol–water partition coefficient (Wildman–Crippen LogP) is 5.84. The van der Waals surface area contributed by atoms with Crippen molar-refractivity contribution in [2.24, 2.45) is 0 Å². The summed E-state index contributed by atoms with van der Waals surface area (Å²) in [6.45, 7) is 0. The van der Waals surface area contributed by atoms with Crippen LogP contribution in [-0.4, -0.2) is 0 Å². The van der Waals surface area contributed by atoms with E-state index in [1.165, 1.54) is 9.79 Å². The average molecular weight is 307 g/mol. The molecule has 2 aromatic rings. The van der Waals surface area contributed by atoms with E-state index >= 15 is 0 Å². The van der Waals surface area contributed by atoms with Crippen LogP contribution in [0, 0.1) is 0 Å². The molecule has 0 amide bonds. The topological polar surface area (TPSA) is 9.23 Å². The Morgan fingerprint density at radius 3 is 2.09 bits per heavy atom. The zero-order chi connectivity index (χ0) is 14.8. The van der Waals surface area contributed by atoms with Gasteiger partial charge in [-0.15, -0.1) is 0 Å². The van der Waals surface area contributed by atoms with Gasteiger partial charge < -0.3 is 4.74 Å². The van der Waals surface area contributed by atoms with Crippen molar-refractivity contribution in [2.75, 3.05) is 0 Å². The molecule has 4 rings (SSSR count). The summed E-state index contributed by atoms with van der Waals surface area (Å²) in [7, 11) is 0.00242. The Hall–Kier alpha value is -1.93. The minimum absolute atomic E-state index is 0.00242. The number of fused-ring (bicyclic) bond motifs is 2. The van der Waals surface area contributed by atoms with E-state index in [1.807, 2.05) is 0 Å². The van der Waals surface area contributed by atoms with E-state index in [0.717, 1.165) is 37.2 Å². The number of rotatable bonds is 1. The summed E-state index contributed by atoms with van der Waals surface area (Å²) < 4.78 is 6.12. The molecule has 0 N–H and O–H groups in total. The van der Waals surface area contributed by atoms with Gasteiger partial charge >= 0.3 is 0 Å². The molecule has 0 radical (unpaired) electrons. The molecule has 0 unspecified atom stereocenters. The molecule has 0 bridgehead atoms. The molecular formula is C20H19OS+. The summed E-state index contributed by atoms with van der Waals surface area (Å²) in [5, 5.41) is 0. The van der Waals surface area contributed by atoms with Crippen molar-refractivity contribution in [2.45, 2.75) is 35.5 Å². The van der Waals surface area contributed by atoms with Gasteiger partial charge in [0, 0.05) is 6.42 Å². The summed E-state index contributed by atoms with van der Waals surface area (Å²) in [5.41, 5.74) is 0. The molecule has 22 heavy (non-hydrogen) atoms. The minimum Gasteiger partial charge on any atom is -0.447 e. The Labute approximate surface area is 134 Å². The zero-order valence-electron chi connectivity index (χ0n) is 12.5. The van der Waals surface area contributed by atoms with Crippen LogP contribution in [0.3, 0.4) is 0 Å². The van der Waals surface area contributed by atoms with Crippen LogP contribution in [-0.2, 0) is 10.9 Å². The zero-order valence-corrected chi connectivity index (χ0v) is 13.3. The third-order valence-corrected chi connectivity index (χ3v) is 6.50. The van der Waals surface area contributed by atoms with Crippen LogP contribution in [0.5, 0.6) is 11.5 Å². The highest BCUT2D eigenvalue weighted by Crippen LogP contribution is 2.47. The molecule has 1 aliphatic heterocycles. The lowest BCUT2D eigenvalue weighted by Gasteiger charge is -2.21. The normalized spacial score (nSPS) is 21.4. The summed E-state index contributed by atoms with van der Waals surface area (Å²) in [6.07, 6.45) is 11.7. The van der Waals surface area contributed by atoms with Crippen LogP contribution in [0.25, 0.3) is 0 Å². The summed E-state index contributed by atoms with van der Waals surface area (Å²) >= 11 is 0. The molecule has 0 atom stereocenters. The van der Waals surface area contributed by atoms with Gasteiger partial charge in [-0.2, -0.15) is 0 Å². The van der Waals surface area contributed by atoms with Gasteiger partial charge in [0.05, 0.1) is 0 Å². The van der Waals surface area contributed by atoms with Crippen molar-refractivity contribution < 1.29 is 4.74 Å². The molecule has 0 spiro atoms. The van der Waals surface area contributed by atoms with Crippen LogP contribution < -0.4 is 4.74 Å². The Bertz CT molecular complexity index is 699. The van der Waals surface area contributed by atoms with Crippen LogP contribution in [0.1, 0.15) is 25.7 Å². The second-order valence-electron chi connectivity index (χ2n) is 5.56. The van der Waals surface area contributed by atoms with Crippen LogP contribution in [0.15, 0.2) is 81.5 Å². The van der Waals surface area contributed by atoms with Gasteiger partial charge in [-0.1, -0.05) is 36.4 Å². The number of allylic oxidation sites excluding steroid dienone is 4. The number of para-hydroxylation sites is 2. The largest absolute Gasteiger partial charge is 0.447 e. The first-order valence-electron chi connectivity index (χ1n) is 7.88. The Morgan fingerprint density at radius 1 is 0.727 bits per heavy atom. The highest BCUT2D eigenvalue weighted by molar-refractivity contribution is 8.00. The SMILES string of the molecule is C1=C\CC/C([S+]2c3ccccc3Oc3ccccc32)=C\CC/1. The predicted molar refractivity (Wildman–Crippen MR) is 92.5 cm³/mol. The Kier molecular flexibility index (Phi) is 3.77. The maximum atomic E-state index is 6.12. The lowest BCUT2D eigenvalue weighted by atomic mass is 10.1. The van der Waals surface area contributed by atoms with Gasteiger partial charge in [-0.05, 0) is 49.6 Å². The van der Waals surface area contributed by atoms with Crippen molar-refractivity contribution in [1.29, 1.82) is 0 Å². The molecule has 2 aliphatic rings. The smallest absolute Gasteiger partial charge is 0.208 e. The standard InChI is InChI=1S/C20H19OS/c1-2-4-10-16(11-5-3-1)22-19-14-8-6-12-17(19)21-18-13-7-9-15-20(18)22/h1-2,6-9,11-15H,3-5,10H2/q+1/b2-1-,16-11+. The quantitative estimate of drug-likeness (QED) is 0.475. The highest BCUT2D eigenvalue weighted by atomic mass is 32.2. The molecule has 1 aliphatic carbocycles. The lowest BCUT2D eigenvalue weighted by molar-refractivity contribution is 0.453. The number of hydrogen-bond acceptors (Lipinski definition) is 1. The first kappa shape index (κ1) is 13.7. The summed E-state index contributed by atoms with van der Waals surface area (Å²) in [5.74, 6) is 2.03. The van der Waals surface area contributed by atoms with Crippen molar-refractivity contribution >= 4 is 10.9 Å². The highest BCUT2D eigenvalue weighted by Gasteiger charge is 2.39. The van der Waals surface area contributed by atoms with Crippen LogP contribution in [0.4, 0.5) is 0 Å². The second-order valence-corrected chi connectivity index (χ2v) is 7.58. The Morgan fingerprint density at radius 2 is 1.36 bits per heavy atom. The first-order valence-corrected chi connectivity index (χ1v) is 9.10. The molecule has 0 saturated carbocycles. The molecule has 2 aromatic carbocycles. The van der Waals surface area contributed by atoms with Crippen molar-refractivity contribution in [1.82, 2.24) is 0 Å². The third-order valence-electron chi connectivity index (χ3n) is 4.05. The first-order chi connectivity index (χ1) is 10.9. The maximum absolute atomic E-state index is 6.12. The number of ether oxygens (including phenoxy) is 1. The van der Waals surface area contributed by atoms with Crippen molar-refractivity contribution in [3.63, 3.8) is 0 Å². The fraction of sp³-hybridized carbons (Fsp3) is 0.200. The van der Waals surface area contributed by atoms with E-state index in [4.69, 9.17) is 4.74 Å². The van der Waals surface area contributed by atoms with Gasteiger partial charge in [0.15, 0.2) is 11.5 Å². The minimum atomic E-state index is 0.00242. The van der Waals surface area contributed by atoms with Gasteiger partial charge in [-0.3, -0.25) is 0 Å². The number of benzene rings is 2. The van der Waals surface area contributed by atoms with Gasteiger partial charge in [0.25, 0.3) is 0 Å². The molecule has 0 fully saturated rings.